The van der Waals surface area contributed by atoms with Crippen LogP contribution in [0.5, 0.6) is 0 Å². The zero-order chi connectivity index (χ0) is 12.1. The van der Waals surface area contributed by atoms with E-state index in [0.29, 0.717) is 0 Å². The van der Waals surface area contributed by atoms with Gasteiger partial charge in [0.1, 0.15) is 0 Å². The molecule has 0 aromatic rings. The van der Waals surface area contributed by atoms with Crippen LogP contribution in [0, 0.1) is 5.92 Å². The van der Waals surface area contributed by atoms with E-state index in [4.69, 9.17) is 0 Å². The molecular formula is C15H30N2. The van der Waals surface area contributed by atoms with E-state index in [1.807, 2.05) is 0 Å². The van der Waals surface area contributed by atoms with Gasteiger partial charge in [-0.25, -0.2) is 0 Å². The van der Waals surface area contributed by atoms with Crippen molar-refractivity contribution in [3.63, 3.8) is 0 Å². The van der Waals surface area contributed by atoms with Crippen molar-refractivity contribution in [1.29, 1.82) is 0 Å². The molecule has 2 heteroatoms. The highest BCUT2D eigenvalue weighted by Gasteiger charge is 2.23. The third kappa shape index (κ3) is 4.26. The molecule has 1 saturated carbocycles. The first kappa shape index (κ1) is 13.4. The van der Waals surface area contributed by atoms with Crippen LogP contribution in [0.25, 0.3) is 0 Å². The molecule has 0 spiro atoms. The monoisotopic (exact) mass is 238 g/mol. The second-order valence-corrected chi connectivity index (χ2v) is 6.31. The van der Waals surface area contributed by atoms with Crippen LogP contribution in [-0.2, 0) is 0 Å². The molecule has 1 N–H and O–H groups in total. The molecule has 0 radical (unpaired) electrons. The fraction of sp³-hybridized carbons (Fsp3) is 1.00. The lowest BCUT2D eigenvalue weighted by Gasteiger charge is -2.34. The Kier molecular flexibility index (Phi) is 5.30. The molecule has 2 rings (SSSR count). The summed E-state index contributed by atoms with van der Waals surface area (Å²) < 4.78 is 0. The fourth-order valence-corrected chi connectivity index (χ4v) is 3.62. The van der Waals surface area contributed by atoms with Gasteiger partial charge in [-0.2, -0.15) is 0 Å². The summed E-state index contributed by atoms with van der Waals surface area (Å²) in [6.45, 7) is 4.96. The van der Waals surface area contributed by atoms with Crippen molar-refractivity contribution >= 4 is 0 Å². The van der Waals surface area contributed by atoms with Gasteiger partial charge in [0.05, 0.1) is 0 Å². The van der Waals surface area contributed by atoms with Crippen LogP contribution in [0.4, 0.5) is 0 Å². The minimum Gasteiger partial charge on any atom is -0.310 e. The number of hydrogen-bond donors (Lipinski definition) is 1. The van der Waals surface area contributed by atoms with Crippen LogP contribution in [0.15, 0.2) is 0 Å². The second-order valence-electron chi connectivity index (χ2n) is 6.31. The minimum atomic E-state index is 0.726. The van der Waals surface area contributed by atoms with Gasteiger partial charge >= 0.3 is 0 Å². The Labute approximate surface area is 107 Å². The lowest BCUT2D eigenvalue weighted by molar-refractivity contribution is 0.200. The molecule has 1 aliphatic carbocycles. The number of hydrogen-bond acceptors (Lipinski definition) is 2. The fourth-order valence-electron chi connectivity index (χ4n) is 3.62. The third-order valence-electron chi connectivity index (χ3n) is 4.73. The van der Waals surface area contributed by atoms with E-state index in [1.165, 1.54) is 64.5 Å². The van der Waals surface area contributed by atoms with Gasteiger partial charge in [-0.05, 0) is 52.1 Å². The second kappa shape index (κ2) is 6.75. The van der Waals surface area contributed by atoms with E-state index in [0.717, 1.165) is 18.0 Å². The summed E-state index contributed by atoms with van der Waals surface area (Å²) in [6.07, 6.45) is 11.5. The van der Waals surface area contributed by atoms with Crippen molar-refractivity contribution in [2.75, 3.05) is 20.1 Å². The molecule has 2 aliphatic rings. The summed E-state index contributed by atoms with van der Waals surface area (Å²) in [5, 5.41) is 3.91. The van der Waals surface area contributed by atoms with E-state index in [9.17, 15) is 0 Å². The number of nitrogens with zero attached hydrogens (tertiary/aromatic N) is 1. The largest absolute Gasteiger partial charge is 0.310 e. The summed E-state index contributed by atoms with van der Waals surface area (Å²) >= 11 is 0. The Hall–Kier alpha value is -0.0800. The first-order chi connectivity index (χ1) is 8.25. The van der Waals surface area contributed by atoms with Crippen molar-refractivity contribution in [2.24, 2.45) is 5.92 Å². The molecule has 1 heterocycles. The van der Waals surface area contributed by atoms with Gasteiger partial charge in [-0.15, -0.1) is 0 Å². The van der Waals surface area contributed by atoms with Crippen LogP contribution in [0.3, 0.4) is 0 Å². The maximum Gasteiger partial charge on any atom is 0.0197 e. The van der Waals surface area contributed by atoms with E-state index < -0.39 is 0 Å². The summed E-state index contributed by atoms with van der Waals surface area (Å²) in [7, 11) is 2.25. The Morgan fingerprint density at radius 1 is 1.00 bits per heavy atom. The van der Waals surface area contributed by atoms with Gasteiger partial charge in [0.2, 0.25) is 0 Å². The molecule has 0 aromatic carbocycles. The van der Waals surface area contributed by atoms with Crippen LogP contribution in [0.2, 0.25) is 0 Å². The first-order valence-electron chi connectivity index (χ1n) is 7.70. The molecule has 0 aromatic heterocycles. The predicted octanol–water partition coefficient (Wildman–Crippen LogP) is 3.03. The summed E-state index contributed by atoms with van der Waals surface area (Å²) in [6, 6.07) is 1.47. The van der Waals surface area contributed by atoms with E-state index in [-0.39, 0.29) is 0 Å². The SMILES string of the molecule is C[C@H](NC1CCCN(C)C1)C1CCCCCC1. The van der Waals surface area contributed by atoms with Gasteiger partial charge in [0, 0.05) is 18.6 Å². The van der Waals surface area contributed by atoms with Gasteiger partial charge < -0.3 is 10.2 Å². The Morgan fingerprint density at radius 3 is 2.35 bits per heavy atom. The number of likely N-dealkylation sites (tertiary alicyclic amines) is 1. The van der Waals surface area contributed by atoms with Gasteiger partial charge in [-0.3, -0.25) is 0 Å². The average molecular weight is 238 g/mol. The highest BCUT2D eigenvalue weighted by Crippen LogP contribution is 2.26. The zero-order valence-electron chi connectivity index (χ0n) is 11.8. The molecular weight excluding hydrogens is 208 g/mol. The Bertz CT molecular complexity index is 209. The van der Waals surface area contributed by atoms with Gasteiger partial charge in [-0.1, -0.05) is 25.7 Å². The highest BCUT2D eigenvalue weighted by atomic mass is 15.1. The summed E-state index contributed by atoms with van der Waals surface area (Å²) in [4.78, 5) is 2.47. The lowest BCUT2D eigenvalue weighted by atomic mass is 9.91. The van der Waals surface area contributed by atoms with Crippen molar-refractivity contribution in [2.45, 2.75) is 70.4 Å². The maximum absolute atomic E-state index is 3.91. The van der Waals surface area contributed by atoms with Crippen LogP contribution < -0.4 is 5.32 Å². The van der Waals surface area contributed by atoms with E-state index in [1.54, 1.807) is 0 Å². The third-order valence-corrected chi connectivity index (χ3v) is 4.73. The maximum atomic E-state index is 3.91. The van der Waals surface area contributed by atoms with Crippen LogP contribution >= 0.6 is 0 Å². The quantitative estimate of drug-likeness (QED) is 0.760. The highest BCUT2D eigenvalue weighted by molar-refractivity contribution is 4.82. The molecule has 17 heavy (non-hydrogen) atoms. The normalized spacial score (nSPS) is 31.1. The number of rotatable bonds is 3. The molecule has 2 atom stereocenters. The zero-order valence-corrected chi connectivity index (χ0v) is 11.8. The predicted molar refractivity (Wildman–Crippen MR) is 74.3 cm³/mol. The van der Waals surface area contributed by atoms with Crippen molar-refractivity contribution in [3.8, 4) is 0 Å². The van der Waals surface area contributed by atoms with Gasteiger partial charge in [0.25, 0.3) is 0 Å². The molecule has 1 unspecified atom stereocenters. The molecule has 0 amide bonds. The van der Waals surface area contributed by atoms with E-state index >= 15 is 0 Å². The molecule has 2 fully saturated rings. The van der Waals surface area contributed by atoms with Crippen LogP contribution in [0.1, 0.15) is 58.3 Å². The van der Waals surface area contributed by atoms with Crippen LogP contribution in [-0.4, -0.2) is 37.1 Å². The Balaban J connectivity index is 1.76. The standard InChI is InChI=1S/C15H30N2/c1-13(14-8-5-3-4-6-9-14)16-15-10-7-11-17(2)12-15/h13-16H,3-12H2,1-2H3/t13-,15?/m0/s1. The van der Waals surface area contributed by atoms with E-state index in [2.05, 4.69) is 24.2 Å². The van der Waals surface area contributed by atoms with Crippen molar-refractivity contribution in [1.82, 2.24) is 10.2 Å². The topological polar surface area (TPSA) is 15.3 Å². The molecule has 2 nitrogen and oxygen atoms in total. The Morgan fingerprint density at radius 2 is 1.71 bits per heavy atom. The van der Waals surface area contributed by atoms with Gasteiger partial charge in [0.15, 0.2) is 0 Å². The molecule has 100 valence electrons. The summed E-state index contributed by atoms with van der Waals surface area (Å²) in [5.41, 5.74) is 0. The smallest absolute Gasteiger partial charge is 0.0197 e. The van der Waals surface area contributed by atoms with Crippen molar-refractivity contribution < 1.29 is 0 Å². The minimum absolute atomic E-state index is 0.726. The number of likely N-dealkylation sites (N-methyl/N-ethyl adjacent to an activating group) is 1. The molecule has 1 saturated heterocycles. The lowest BCUT2D eigenvalue weighted by Crippen LogP contribution is -2.49. The number of nitrogens with one attached hydrogen (secondary N) is 1. The molecule has 1 aliphatic heterocycles. The molecule has 0 bridgehead atoms. The van der Waals surface area contributed by atoms with Crippen molar-refractivity contribution in [3.05, 3.63) is 0 Å². The number of piperidine rings is 1. The average Bonchev–Trinajstić information content (AvgIpc) is 2.57. The first-order valence-corrected chi connectivity index (χ1v) is 7.70. The summed E-state index contributed by atoms with van der Waals surface area (Å²) in [5.74, 6) is 0.935.